The first-order valence-electron chi connectivity index (χ1n) is 10.8. The van der Waals surface area contributed by atoms with Gasteiger partial charge in [-0.05, 0) is 57.3 Å². The molecule has 1 N–H and O–H groups in total. The predicted octanol–water partition coefficient (Wildman–Crippen LogP) is 1.78. The number of anilines is 1. The fourth-order valence-corrected chi connectivity index (χ4v) is 4.94. The van der Waals surface area contributed by atoms with Crippen molar-refractivity contribution in [2.45, 2.75) is 57.2 Å². The topological polar surface area (TPSA) is 66.3 Å². The van der Waals surface area contributed by atoms with Crippen molar-refractivity contribution in [1.29, 1.82) is 0 Å². The summed E-state index contributed by atoms with van der Waals surface area (Å²) in [6.45, 7) is 7.45. The summed E-state index contributed by atoms with van der Waals surface area (Å²) in [6.07, 6.45) is 7.48. The number of hydrogen-bond acceptors (Lipinski definition) is 6. The highest BCUT2D eigenvalue weighted by atomic mass is 16.1. The lowest BCUT2D eigenvalue weighted by Gasteiger charge is -2.46. The van der Waals surface area contributed by atoms with Crippen LogP contribution in [0.4, 0.5) is 5.95 Å². The van der Waals surface area contributed by atoms with E-state index in [1.54, 1.807) is 6.20 Å². The van der Waals surface area contributed by atoms with Crippen LogP contribution < -0.4 is 15.8 Å². The van der Waals surface area contributed by atoms with Crippen molar-refractivity contribution in [3.05, 3.63) is 28.7 Å². The third-order valence-corrected chi connectivity index (χ3v) is 6.63. The Kier molecular flexibility index (Phi) is 4.80. The first kappa shape index (κ1) is 18.1. The summed E-state index contributed by atoms with van der Waals surface area (Å²) < 4.78 is 1.96. The van der Waals surface area contributed by atoms with Crippen LogP contribution in [-0.4, -0.2) is 64.2 Å². The molecule has 0 aromatic carbocycles. The fourth-order valence-electron chi connectivity index (χ4n) is 4.94. The zero-order valence-corrected chi connectivity index (χ0v) is 16.7. The summed E-state index contributed by atoms with van der Waals surface area (Å²) in [4.78, 5) is 27.5. The van der Waals surface area contributed by atoms with E-state index in [0.717, 1.165) is 57.9 Å². The molecule has 0 radical (unpaired) electrons. The first-order chi connectivity index (χ1) is 13.8. The molecule has 5 rings (SSSR count). The zero-order valence-electron chi connectivity index (χ0n) is 16.7. The van der Waals surface area contributed by atoms with Gasteiger partial charge in [-0.1, -0.05) is 6.92 Å². The highest BCUT2D eigenvalue weighted by Gasteiger charge is 2.35. The number of fused-ring (bicyclic) bond motifs is 1. The molecule has 150 valence electrons. The Labute approximate surface area is 165 Å². The highest BCUT2D eigenvalue weighted by molar-refractivity contribution is 5.74. The zero-order chi connectivity index (χ0) is 19.1. The van der Waals surface area contributed by atoms with Gasteiger partial charge in [0.2, 0.25) is 5.95 Å². The molecule has 3 fully saturated rings. The molecule has 4 heterocycles. The van der Waals surface area contributed by atoms with Gasteiger partial charge in [0.05, 0.1) is 5.39 Å². The minimum Gasteiger partial charge on any atom is -0.339 e. The molecule has 28 heavy (non-hydrogen) atoms. The average molecular weight is 383 g/mol. The van der Waals surface area contributed by atoms with Crippen molar-refractivity contribution in [1.82, 2.24) is 24.8 Å². The summed E-state index contributed by atoms with van der Waals surface area (Å²) in [5.74, 6) is 0.835. The minimum atomic E-state index is 0.0735. The Morgan fingerprint density at radius 2 is 1.96 bits per heavy atom. The van der Waals surface area contributed by atoms with Crippen molar-refractivity contribution < 1.29 is 0 Å². The maximum absolute atomic E-state index is 13.2. The van der Waals surface area contributed by atoms with Crippen LogP contribution >= 0.6 is 0 Å². The highest BCUT2D eigenvalue weighted by Crippen LogP contribution is 2.37. The lowest BCUT2D eigenvalue weighted by atomic mass is 9.99. The summed E-state index contributed by atoms with van der Waals surface area (Å²) in [5.41, 5.74) is 0.651. The van der Waals surface area contributed by atoms with Crippen LogP contribution in [0.25, 0.3) is 11.0 Å². The Hall–Kier alpha value is -1.99. The van der Waals surface area contributed by atoms with Gasteiger partial charge in [-0.3, -0.25) is 14.3 Å². The lowest BCUT2D eigenvalue weighted by Crippen LogP contribution is -2.58. The van der Waals surface area contributed by atoms with Gasteiger partial charge in [0.15, 0.2) is 5.65 Å². The van der Waals surface area contributed by atoms with Crippen molar-refractivity contribution in [3.8, 4) is 0 Å². The van der Waals surface area contributed by atoms with Gasteiger partial charge in [-0.2, -0.15) is 4.98 Å². The van der Waals surface area contributed by atoms with E-state index >= 15 is 0 Å². The lowest BCUT2D eigenvalue weighted by molar-refractivity contribution is 0.0930. The second-order valence-corrected chi connectivity index (χ2v) is 8.42. The Bertz CT molecular complexity index is 901. The third-order valence-electron chi connectivity index (χ3n) is 6.63. The molecule has 2 saturated heterocycles. The smallest absolute Gasteiger partial charge is 0.264 e. The van der Waals surface area contributed by atoms with Gasteiger partial charge in [-0.15, -0.1) is 0 Å². The molecule has 3 aliphatic rings. The van der Waals surface area contributed by atoms with Gasteiger partial charge in [0.25, 0.3) is 5.56 Å². The second kappa shape index (κ2) is 7.44. The van der Waals surface area contributed by atoms with Gasteiger partial charge in [0, 0.05) is 44.0 Å². The monoisotopic (exact) mass is 382 g/mol. The number of rotatable bonds is 4. The quantitative estimate of drug-likeness (QED) is 0.870. The minimum absolute atomic E-state index is 0.0735. The summed E-state index contributed by atoms with van der Waals surface area (Å²) >= 11 is 0. The van der Waals surface area contributed by atoms with E-state index in [2.05, 4.69) is 27.0 Å². The first-order valence-corrected chi connectivity index (χ1v) is 10.8. The van der Waals surface area contributed by atoms with Crippen LogP contribution in [0.15, 0.2) is 23.1 Å². The summed E-state index contributed by atoms with van der Waals surface area (Å²) in [6, 6.07) is 5.19. The molecule has 2 aromatic heterocycles. The molecule has 0 amide bonds. The Morgan fingerprint density at radius 3 is 2.71 bits per heavy atom. The predicted molar refractivity (Wildman–Crippen MR) is 111 cm³/mol. The maximum Gasteiger partial charge on any atom is 0.264 e. The average Bonchev–Trinajstić information content (AvgIpc) is 3.59. The SMILES string of the molecule is CC[C@H]1CN(c2nc3ncccc3c(=O)n2C2CC2)CCN1C1CCNCC1. The van der Waals surface area contributed by atoms with Crippen molar-refractivity contribution in [3.63, 3.8) is 0 Å². The van der Waals surface area contributed by atoms with Crippen LogP contribution in [0.2, 0.25) is 0 Å². The van der Waals surface area contributed by atoms with Crippen LogP contribution in [0, 0.1) is 0 Å². The number of piperidine rings is 1. The largest absolute Gasteiger partial charge is 0.339 e. The molecule has 7 nitrogen and oxygen atoms in total. The van der Waals surface area contributed by atoms with E-state index in [1.807, 2.05) is 16.7 Å². The number of nitrogens with one attached hydrogen (secondary N) is 1. The number of hydrogen-bond donors (Lipinski definition) is 1. The number of pyridine rings is 1. The summed E-state index contributed by atoms with van der Waals surface area (Å²) in [7, 11) is 0. The molecule has 0 spiro atoms. The number of nitrogens with zero attached hydrogens (tertiary/aromatic N) is 5. The fraction of sp³-hybridized carbons (Fsp3) is 0.667. The Balaban J connectivity index is 1.47. The van der Waals surface area contributed by atoms with Crippen LogP contribution in [0.1, 0.15) is 45.1 Å². The van der Waals surface area contributed by atoms with Crippen LogP contribution in [0.3, 0.4) is 0 Å². The molecule has 1 atom stereocenters. The molecule has 0 unspecified atom stereocenters. The Morgan fingerprint density at radius 1 is 1.14 bits per heavy atom. The van der Waals surface area contributed by atoms with E-state index in [1.165, 1.54) is 12.8 Å². The van der Waals surface area contributed by atoms with Crippen LogP contribution in [-0.2, 0) is 0 Å². The maximum atomic E-state index is 13.2. The van der Waals surface area contributed by atoms with Crippen molar-refractivity contribution in [2.24, 2.45) is 0 Å². The van der Waals surface area contributed by atoms with Crippen molar-refractivity contribution in [2.75, 3.05) is 37.6 Å². The molecule has 2 aromatic rings. The third kappa shape index (κ3) is 3.20. The van der Waals surface area contributed by atoms with Gasteiger partial charge >= 0.3 is 0 Å². The van der Waals surface area contributed by atoms with Gasteiger partial charge in [0.1, 0.15) is 0 Å². The van der Waals surface area contributed by atoms with E-state index in [4.69, 9.17) is 4.98 Å². The van der Waals surface area contributed by atoms with E-state index in [-0.39, 0.29) is 5.56 Å². The molecule has 1 aliphatic carbocycles. The van der Waals surface area contributed by atoms with Crippen molar-refractivity contribution >= 4 is 17.0 Å². The molecule has 1 saturated carbocycles. The van der Waals surface area contributed by atoms with E-state index in [9.17, 15) is 4.79 Å². The molecule has 0 bridgehead atoms. The van der Waals surface area contributed by atoms with E-state index in [0.29, 0.717) is 29.2 Å². The second-order valence-electron chi connectivity index (χ2n) is 8.42. The molecule has 2 aliphatic heterocycles. The van der Waals surface area contributed by atoms with Crippen LogP contribution in [0.5, 0.6) is 0 Å². The van der Waals surface area contributed by atoms with Gasteiger partial charge in [-0.25, -0.2) is 4.98 Å². The number of piperazine rings is 1. The number of aromatic nitrogens is 3. The molecule has 7 heteroatoms. The normalized spacial score (nSPS) is 24.8. The summed E-state index contributed by atoms with van der Waals surface area (Å²) in [5, 5.41) is 4.12. The molecular weight excluding hydrogens is 352 g/mol. The van der Waals surface area contributed by atoms with E-state index < -0.39 is 0 Å². The molecular formula is C21H30N6O. The van der Waals surface area contributed by atoms with Gasteiger partial charge < -0.3 is 10.2 Å². The standard InChI is InChI=1S/C21H30N6O/c1-2-15-14-25(12-13-26(15)16-7-10-22-11-8-16)21-24-19-18(4-3-9-23-19)20(28)27(21)17-5-6-17/h3-4,9,15-17,22H,2,5-8,10-14H2,1H3/t15-/m0/s1.